The maximum absolute atomic E-state index is 8.48. The number of allylic oxidation sites excluding steroid dienone is 2. The molecule has 0 saturated carbocycles. The fraction of sp³-hybridized carbons (Fsp3) is 0.286. The second kappa shape index (κ2) is 4.62. The van der Waals surface area contributed by atoms with E-state index < -0.39 is 0 Å². The maximum Gasteiger partial charge on any atom is 0.0604 e. The molecule has 0 atom stereocenters. The second-order valence-electron chi connectivity index (χ2n) is 1.82. The first kappa shape index (κ1) is 7.94. The fourth-order valence-corrected chi connectivity index (χ4v) is 2.05. The highest BCUT2D eigenvalue weighted by atomic mass is 127. The van der Waals surface area contributed by atoms with E-state index in [4.69, 9.17) is 5.11 Å². The Bertz CT molecular complexity index is 184. The van der Waals surface area contributed by atoms with Crippen LogP contribution in [0.5, 0.6) is 0 Å². The fourth-order valence-electron chi connectivity index (χ4n) is 0.624. The maximum atomic E-state index is 8.48. The summed E-state index contributed by atoms with van der Waals surface area (Å²) in [7, 11) is 0. The van der Waals surface area contributed by atoms with Gasteiger partial charge >= 0.3 is 0 Å². The molecule has 0 radical (unpaired) electrons. The normalized spacial score (nSPS) is 15.9. The number of aliphatic hydroxyl groups excluding tert-OH is 1. The Morgan fingerprint density at radius 1 is 1.60 bits per heavy atom. The number of rotatable bonds is 3. The minimum Gasteiger partial charge on any atom is -0.395 e. The lowest BCUT2D eigenvalue weighted by atomic mass is 10.4. The summed E-state index contributed by atoms with van der Waals surface area (Å²) in [6.07, 6.45) is 4.14. The third-order valence-electron chi connectivity index (χ3n) is 1.07. The lowest BCUT2D eigenvalue weighted by Crippen LogP contribution is -2.16. The molecule has 0 unspecified atom stereocenters. The average Bonchev–Trinajstić information content (AvgIpc) is 2.03. The summed E-state index contributed by atoms with van der Waals surface area (Å²) in [6, 6.07) is 0. The van der Waals surface area contributed by atoms with Crippen molar-refractivity contribution in [3.63, 3.8) is 0 Å². The zero-order chi connectivity index (χ0) is 7.23. The SMILES string of the molecule is OCCNC1=CC=IC=C1. The van der Waals surface area contributed by atoms with Gasteiger partial charge in [-0.3, -0.25) is 0 Å². The standard InChI is InChI=1S/C7H10INO/c10-6-5-9-7-1-3-8-4-2-7/h1-4,9-10H,5-6H2. The van der Waals surface area contributed by atoms with Gasteiger partial charge in [0, 0.05) is 12.2 Å². The Kier molecular flexibility index (Phi) is 3.67. The molecule has 10 heavy (non-hydrogen) atoms. The van der Waals surface area contributed by atoms with Gasteiger partial charge in [-0.05, 0) is 20.2 Å². The topological polar surface area (TPSA) is 32.3 Å². The van der Waals surface area contributed by atoms with Crippen molar-refractivity contribution in [3.8, 4) is 0 Å². The molecule has 3 heteroatoms. The molecule has 2 N–H and O–H groups in total. The van der Waals surface area contributed by atoms with Gasteiger partial charge in [0.25, 0.3) is 0 Å². The van der Waals surface area contributed by atoms with Crippen molar-refractivity contribution in [1.29, 1.82) is 0 Å². The van der Waals surface area contributed by atoms with Gasteiger partial charge in [0.2, 0.25) is 0 Å². The Hall–Kier alpha value is -0.160. The van der Waals surface area contributed by atoms with Crippen molar-refractivity contribution in [2.75, 3.05) is 13.2 Å². The van der Waals surface area contributed by atoms with E-state index in [1.54, 1.807) is 0 Å². The summed E-state index contributed by atoms with van der Waals surface area (Å²) in [5.41, 5.74) is 1.11. The summed E-state index contributed by atoms with van der Waals surface area (Å²) >= 11 is 0.187. The van der Waals surface area contributed by atoms with Crippen LogP contribution in [-0.2, 0) is 0 Å². The van der Waals surface area contributed by atoms with Crippen LogP contribution in [0.3, 0.4) is 0 Å². The van der Waals surface area contributed by atoms with E-state index in [1.165, 1.54) is 0 Å². The van der Waals surface area contributed by atoms with Crippen molar-refractivity contribution in [1.82, 2.24) is 5.32 Å². The highest BCUT2D eigenvalue weighted by Crippen LogP contribution is 2.06. The van der Waals surface area contributed by atoms with Gasteiger partial charge in [0.1, 0.15) is 0 Å². The van der Waals surface area contributed by atoms with E-state index in [-0.39, 0.29) is 27.3 Å². The molecular formula is C7H10INO. The Labute approximate surface area is 70.4 Å². The number of nitrogens with one attached hydrogen (secondary N) is 1. The van der Waals surface area contributed by atoms with Crippen molar-refractivity contribution in [2.24, 2.45) is 0 Å². The molecule has 0 amide bonds. The Morgan fingerprint density at radius 2 is 2.50 bits per heavy atom. The predicted octanol–water partition coefficient (Wildman–Crippen LogP) is 0.752. The van der Waals surface area contributed by atoms with E-state index in [1.807, 2.05) is 0 Å². The lowest BCUT2D eigenvalue weighted by Gasteiger charge is -2.04. The summed E-state index contributed by atoms with van der Waals surface area (Å²) < 4.78 is 4.39. The highest BCUT2D eigenvalue weighted by Gasteiger charge is 1.89. The molecule has 56 valence electrons. The van der Waals surface area contributed by atoms with Crippen LogP contribution in [0, 0.1) is 0 Å². The molecule has 2 nitrogen and oxygen atoms in total. The minimum absolute atomic E-state index is 0.187. The summed E-state index contributed by atoms with van der Waals surface area (Å²) in [5.74, 6) is 0. The van der Waals surface area contributed by atoms with Crippen molar-refractivity contribution < 1.29 is 5.11 Å². The van der Waals surface area contributed by atoms with Crippen molar-refractivity contribution in [3.05, 3.63) is 21.9 Å². The molecule has 1 aliphatic rings. The molecule has 0 aromatic heterocycles. The molecule has 0 bridgehead atoms. The largest absolute Gasteiger partial charge is 0.395 e. The molecule has 1 aliphatic heterocycles. The molecular weight excluding hydrogens is 241 g/mol. The van der Waals surface area contributed by atoms with E-state index in [2.05, 4.69) is 25.6 Å². The number of hydrogen-bond acceptors (Lipinski definition) is 2. The number of hydrogen-bond donors (Lipinski definition) is 2. The highest BCUT2D eigenvalue weighted by molar-refractivity contribution is 14.2. The minimum atomic E-state index is 0.187. The van der Waals surface area contributed by atoms with Gasteiger partial charge in [-0.25, -0.2) is 0 Å². The van der Waals surface area contributed by atoms with Crippen LogP contribution in [0.4, 0.5) is 0 Å². The van der Waals surface area contributed by atoms with Crippen LogP contribution in [0.25, 0.3) is 0 Å². The van der Waals surface area contributed by atoms with Gasteiger partial charge in [0.05, 0.1) is 6.61 Å². The van der Waals surface area contributed by atoms with Crippen molar-refractivity contribution >= 4 is 24.7 Å². The predicted molar refractivity (Wildman–Crippen MR) is 52.4 cm³/mol. The third kappa shape index (κ3) is 2.62. The third-order valence-corrected chi connectivity index (χ3v) is 2.62. The average molecular weight is 251 g/mol. The number of aliphatic hydroxyl groups is 1. The van der Waals surface area contributed by atoms with Gasteiger partial charge < -0.3 is 10.4 Å². The first-order valence-corrected chi connectivity index (χ1v) is 5.59. The quantitative estimate of drug-likeness (QED) is 0.725. The van der Waals surface area contributed by atoms with Crippen LogP contribution in [-0.4, -0.2) is 22.3 Å². The van der Waals surface area contributed by atoms with Crippen LogP contribution in [0.1, 0.15) is 0 Å². The summed E-state index contributed by atoms with van der Waals surface area (Å²) in [4.78, 5) is 0. The molecule has 1 rings (SSSR count). The van der Waals surface area contributed by atoms with Crippen LogP contribution >= 0.6 is 20.7 Å². The molecule has 0 aromatic rings. The Balaban J connectivity index is 2.35. The van der Waals surface area contributed by atoms with Crippen LogP contribution < -0.4 is 5.32 Å². The molecule has 0 aromatic carbocycles. The van der Waals surface area contributed by atoms with Gasteiger partial charge in [0.15, 0.2) is 0 Å². The van der Waals surface area contributed by atoms with Crippen LogP contribution in [0.2, 0.25) is 0 Å². The van der Waals surface area contributed by atoms with Gasteiger partial charge in [-0.15, -0.1) is 0 Å². The first-order valence-electron chi connectivity index (χ1n) is 3.10. The molecule has 0 spiro atoms. The first-order chi connectivity index (χ1) is 4.93. The molecule has 0 fully saturated rings. The summed E-state index contributed by atoms with van der Waals surface area (Å²) in [6.45, 7) is 0.836. The Morgan fingerprint density at radius 3 is 3.10 bits per heavy atom. The lowest BCUT2D eigenvalue weighted by molar-refractivity contribution is 0.297. The van der Waals surface area contributed by atoms with Crippen molar-refractivity contribution in [2.45, 2.75) is 0 Å². The van der Waals surface area contributed by atoms with Crippen LogP contribution in [0.15, 0.2) is 21.9 Å². The smallest absolute Gasteiger partial charge is 0.0604 e. The van der Waals surface area contributed by atoms with E-state index in [9.17, 15) is 0 Å². The molecule has 1 heterocycles. The molecule has 0 aliphatic carbocycles. The zero-order valence-corrected chi connectivity index (χ0v) is 7.71. The monoisotopic (exact) mass is 251 g/mol. The molecule has 0 saturated heterocycles. The van der Waals surface area contributed by atoms with Gasteiger partial charge in [-0.2, -0.15) is 0 Å². The zero-order valence-electron chi connectivity index (χ0n) is 5.55. The van der Waals surface area contributed by atoms with E-state index in [0.29, 0.717) is 6.54 Å². The summed E-state index contributed by atoms with van der Waals surface area (Å²) in [5, 5.41) is 11.6. The van der Waals surface area contributed by atoms with Gasteiger partial charge in [-0.1, -0.05) is 20.7 Å². The number of halogens is 1. The van der Waals surface area contributed by atoms with E-state index >= 15 is 0 Å². The van der Waals surface area contributed by atoms with E-state index in [0.717, 1.165) is 5.70 Å². The second-order valence-corrected chi connectivity index (χ2v) is 3.97.